The number of halogens is 1. The average Bonchev–Trinajstić information content (AvgIpc) is 2.53. The van der Waals surface area contributed by atoms with Gasteiger partial charge in [-0.15, -0.1) is 0 Å². The van der Waals surface area contributed by atoms with Crippen LogP contribution in [0, 0.1) is 5.41 Å². The lowest BCUT2D eigenvalue weighted by molar-refractivity contribution is 0.143. The van der Waals surface area contributed by atoms with Crippen LogP contribution in [0.25, 0.3) is 0 Å². The van der Waals surface area contributed by atoms with Gasteiger partial charge in [-0.25, -0.2) is 0 Å². The highest BCUT2D eigenvalue weighted by Gasteiger charge is 2.30. The van der Waals surface area contributed by atoms with Gasteiger partial charge >= 0.3 is 0 Å². The van der Waals surface area contributed by atoms with Crippen LogP contribution in [0.5, 0.6) is 0 Å². The highest BCUT2D eigenvalue weighted by Crippen LogP contribution is 2.38. The van der Waals surface area contributed by atoms with Crippen molar-refractivity contribution in [2.24, 2.45) is 11.1 Å². The van der Waals surface area contributed by atoms with Crippen molar-refractivity contribution in [3.63, 3.8) is 0 Å². The smallest absolute Gasteiger partial charge is 0.0406 e. The molecule has 0 saturated heterocycles. The molecule has 0 amide bonds. The molecule has 0 aliphatic heterocycles. The first-order valence-corrected chi connectivity index (χ1v) is 8.60. The molecule has 118 valence electrons. The van der Waals surface area contributed by atoms with Crippen molar-refractivity contribution in [3.05, 3.63) is 34.9 Å². The first-order valence-electron chi connectivity index (χ1n) is 8.22. The van der Waals surface area contributed by atoms with Gasteiger partial charge in [0, 0.05) is 11.1 Å². The molecule has 1 unspecified atom stereocenters. The largest absolute Gasteiger partial charge is 0.330 e. The summed E-state index contributed by atoms with van der Waals surface area (Å²) in [5.41, 5.74) is 7.82. The van der Waals surface area contributed by atoms with Gasteiger partial charge in [0.15, 0.2) is 0 Å². The van der Waals surface area contributed by atoms with E-state index in [2.05, 4.69) is 31.0 Å². The molecule has 1 aromatic carbocycles. The molecule has 2 rings (SSSR count). The van der Waals surface area contributed by atoms with Crippen molar-refractivity contribution in [1.82, 2.24) is 4.90 Å². The summed E-state index contributed by atoms with van der Waals surface area (Å²) >= 11 is 5.97. The minimum Gasteiger partial charge on any atom is -0.330 e. The fourth-order valence-electron chi connectivity index (χ4n) is 3.46. The molecule has 0 heterocycles. The van der Waals surface area contributed by atoms with Crippen molar-refractivity contribution in [2.75, 3.05) is 20.1 Å². The molecule has 1 aliphatic carbocycles. The molecule has 1 aliphatic rings. The van der Waals surface area contributed by atoms with E-state index >= 15 is 0 Å². The molecule has 0 aromatic heterocycles. The van der Waals surface area contributed by atoms with Gasteiger partial charge in [0.05, 0.1) is 0 Å². The first-order chi connectivity index (χ1) is 10.1. The van der Waals surface area contributed by atoms with E-state index in [9.17, 15) is 0 Å². The second-order valence-electron chi connectivity index (χ2n) is 6.72. The number of benzene rings is 1. The third kappa shape index (κ3) is 4.45. The normalized spacial score (nSPS) is 19.7. The van der Waals surface area contributed by atoms with Gasteiger partial charge in [-0.2, -0.15) is 0 Å². The van der Waals surface area contributed by atoms with Crippen LogP contribution in [0.3, 0.4) is 0 Å². The van der Waals surface area contributed by atoms with Gasteiger partial charge in [-0.05, 0) is 69.4 Å². The van der Waals surface area contributed by atoms with E-state index in [1.54, 1.807) is 0 Å². The lowest BCUT2D eigenvalue weighted by Crippen LogP contribution is -2.36. The maximum Gasteiger partial charge on any atom is 0.0406 e. The molecular formula is C18H29ClN2. The maximum absolute atomic E-state index is 6.10. The van der Waals surface area contributed by atoms with Crippen LogP contribution in [0.15, 0.2) is 24.3 Å². The second kappa shape index (κ2) is 7.62. The fourth-order valence-corrected chi connectivity index (χ4v) is 3.59. The second-order valence-corrected chi connectivity index (χ2v) is 7.16. The summed E-state index contributed by atoms with van der Waals surface area (Å²) in [6, 6.07) is 8.62. The van der Waals surface area contributed by atoms with Gasteiger partial charge in [-0.1, -0.05) is 43.0 Å². The summed E-state index contributed by atoms with van der Waals surface area (Å²) in [5, 5.41) is 0.804. The zero-order valence-corrected chi connectivity index (χ0v) is 14.2. The lowest BCUT2D eigenvalue weighted by atomic mass is 9.72. The Morgan fingerprint density at radius 3 is 2.38 bits per heavy atom. The molecule has 0 spiro atoms. The number of rotatable bonds is 6. The Morgan fingerprint density at radius 2 is 1.81 bits per heavy atom. The number of hydrogen-bond acceptors (Lipinski definition) is 2. The van der Waals surface area contributed by atoms with Gasteiger partial charge in [-0.3, -0.25) is 4.90 Å². The summed E-state index contributed by atoms with van der Waals surface area (Å²) in [6.07, 6.45) is 7.94. The molecule has 1 fully saturated rings. The average molecular weight is 309 g/mol. The topological polar surface area (TPSA) is 29.3 Å². The van der Waals surface area contributed by atoms with E-state index in [1.807, 2.05) is 12.1 Å². The zero-order valence-electron chi connectivity index (χ0n) is 13.4. The van der Waals surface area contributed by atoms with Crippen molar-refractivity contribution < 1.29 is 0 Å². The van der Waals surface area contributed by atoms with Gasteiger partial charge < -0.3 is 5.73 Å². The van der Waals surface area contributed by atoms with Crippen LogP contribution in [0.4, 0.5) is 0 Å². The van der Waals surface area contributed by atoms with Crippen molar-refractivity contribution in [1.29, 1.82) is 0 Å². The Kier molecular flexibility index (Phi) is 6.09. The Balaban J connectivity index is 1.91. The number of nitrogens with zero attached hydrogens (tertiary/aromatic N) is 1. The first kappa shape index (κ1) is 16.8. The molecule has 1 saturated carbocycles. The summed E-state index contributed by atoms with van der Waals surface area (Å²) in [5.74, 6) is 0. The summed E-state index contributed by atoms with van der Waals surface area (Å²) in [4.78, 5) is 2.44. The van der Waals surface area contributed by atoms with Crippen LogP contribution in [0.1, 0.15) is 57.1 Å². The summed E-state index contributed by atoms with van der Waals surface area (Å²) < 4.78 is 0. The molecule has 3 heteroatoms. The van der Waals surface area contributed by atoms with Crippen LogP contribution >= 0.6 is 11.6 Å². The Bertz CT molecular complexity index is 423. The van der Waals surface area contributed by atoms with Crippen LogP contribution in [-0.2, 0) is 0 Å². The standard InChI is InChI=1S/C18H29ClN2/c1-15(16-6-8-17(19)9-7-16)21(2)13-12-18(14-20)10-4-3-5-11-18/h6-9,15H,3-5,10-14,20H2,1-2H3. The van der Waals surface area contributed by atoms with Gasteiger partial charge in [0.1, 0.15) is 0 Å². The Hall–Kier alpha value is -0.570. The van der Waals surface area contributed by atoms with E-state index in [0.717, 1.165) is 18.1 Å². The van der Waals surface area contributed by atoms with E-state index < -0.39 is 0 Å². The summed E-state index contributed by atoms with van der Waals surface area (Å²) in [7, 11) is 2.21. The van der Waals surface area contributed by atoms with E-state index in [0.29, 0.717) is 11.5 Å². The highest BCUT2D eigenvalue weighted by atomic mass is 35.5. The predicted molar refractivity (Wildman–Crippen MR) is 91.7 cm³/mol. The Morgan fingerprint density at radius 1 is 1.19 bits per heavy atom. The highest BCUT2D eigenvalue weighted by molar-refractivity contribution is 6.30. The quantitative estimate of drug-likeness (QED) is 0.830. The van der Waals surface area contributed by atoms with Crippen LogP contribution in [-0.4, -0.2) is 25.0 Å². The van der Waals surface area contributed by atoms with Crippen LogP contribution in [0.2, 0.25) is 5.02 Å². The van der Waals surface area contributed by atoms with Crippen LogP contribution < -0.4 is 5.73 Å². The predicted octanol–water partition coefficient (Wildman–Crippen LogP) is 4.63. The third-order valence-corrected chi connectivity index (χ3v) is 5.61. The Labute approximate surface area is 134 Å². The molecule has 0 radical (unpaired) electrons. The van der Waals surface area contributed by atoms with E-state index in [4.69, 9.17) is 17.3 Å². The maximum atomic E-state index is 6.10. The molecule has 1 aromatic rings. The van der Waals surface area contributed by atoms with E-state index in [1.165, 1.54) is 44.1 Å². The number of nitrogens with two attached hydrogens (primary N) is 1. The molecule has 2 N–H and O–H groups in total. The molecule has 21 heavy (non-hydrogen) atoms. The molecule has 0 bridgehead atoms. The molecule has 1 atom stereocenters. The monoisotopic (exact) mass is 308 g/mol. The zero-order chi connectivity index (χ0) is 15.3. The SMILES string of the molecule is CC(c1ccc(Cl)cc1)N(C)CCC1(CN)CCCCC1. The summed E-state index contributed by atoms with van der Waals surface area (Å²) in [6.45, 7) is 4.22. The molecule has 2 nitrogen and oxygen atoms in total. The number of hydrogen-bond donors (Lipinski definition) is 1. The van der Waals surface area contributed by atoms with E-state index in [-0.39, 0.29) is 0 Å². The fraction of sp³-hybridized carbons (Fsp3) is 0.667. The van der Waals surface area contributed by atoms with Crippen molar-refractivity contribution >= 4 is 11.6 Å². The molecular weight excluding hydrogens is 280 g/mol. The van der Waals surface area contributed by atoms with Gasteiger partial charge in [0.25, 0.3) is 0 Å². The van der Waals surface area contributed by atoms with Crippen molar-refractivity contribution in [2.45, 2.75) is 51.5 Å². The third-order valence-electron chi connectivity index (χ3n) is 5.36. The van der Waals surface area contributed by atoms with Crippen molar-refractivity contribution in [3.8, 4) is 0 Å². The minimum absolute atomic E-state index is 0.395. The van der Waals surface area contributed by atoms with Gasteiger partial charge in [0.2, 0.25) is 0 Å². The minimum atomic E-state index is 0.395. The lowest BCUT2D eigenvalue weighted by Gasteiger charge is -2.38.